The highest BCUT2D eigenvalue weighted by atomic mass is 32.2. The Kier molecular flexibility index (Phi) is 8.41. The summed E-state index contributed by atoms with van der Waals surface area (Å²) in [5, 5.41) is 0.852. The molecule has 8 nitrogen and oxygen atoms in total. The maximum absolute atomic E-state index is 14.2. The third kappa shape index (κ3) is 6.26. The van der Waals surface area contributed by atoms with Gasteiger partial charge in [-0.3, -0.25) is 19.4 Å². The highest BCUT2D eigenvalue weighted by molar-refractivity contribution is 7.92. The molecule has 1 fully saturated rings. The van der Waals surface area contributed by atoms with Crippen LogP contribution in [-0.4, -0.2) is 54.8 Å². The van der Waals surface area contributed by atoms with Crippen molar-refractivity contribution >= 4 is 38.2 Å². The van der Waals surface area contributed by atoms with Gasteiger partial charge in [0.15, 0.2) is 0 Å². The minimum atomic E-state index is -4.09. The number of nitrogens with two attached hydrogens (primary N) is 1. The summed E-state index contributed by atoms with van der Waals surface area (Å²) in [5.74, 6) is -3.13. The van der Waals surface area contributed by atoms with Crippen molar-refractivity contribution in [3.8, 4) is 11.1 Å². The van der Waals surface area contributed by atoms with Gasteiger partial charge in [-0.2, -0.15) is 0 Å². The Hall–Kier alpha value is -4.94. The Balaban J connectivity index is 1.16. The normalized spacial score (nSPS) is 15.7. The van der Waals surface area contributed by atoms with Gasteiger partial charge in [0.2, 0.25) is 0 Å². The molecule has 1 aromatic heterocycles. The number of para-hydroxylation sites is 1. The van der Waals surface area contributed by atoms with E-state index in [1.807, 2.05) is 30.0 Å². The number of aromatic nitrogens is 1. The fourth-order valence-corrected chi connectivity index (χ4v) is 7.06. The number of sulfonamides is 1. The van der Waals surface area contributed by atoms with Gasteiger partial charge in [-0.1, -0.05) is 24.3 Å². The second-order valence-electron chi connectivity index (χ2n) is 11.2. The lowest BCUT2D eigenvalue weighted by atomic mass is 10.0. The first-order chi connectivity index (χ1) is 22.0. The Morgan fingerprint density at radius 2 is 1.65 bits per heavy atom. The van der Waals surface area contributed by atoms with Crippen molar-refractivity contribution in [3.05, 3.63) is 120 Å². The van der Waals surface area contributed by atoms with E-state index in [-0.39, 0.29) is 34.6 Å². The zero-order valence-corrected chi connectivity index (χ0v) is 25.6. The van der Waals surface area contributed by atoms with Crippen LogP contribution in [0.15, 0.2) is 96.0 Å². The molecule has 12 heteroatoms. The molecule has 1 saturated heterocycles. The van der Waals surface area contributed by atoms with Gasteiger partial charge >= 0.3 is 0 Å². The van der Waals surface area contributed by atoms with E-state index in [0.717, 1.165) is 5.39 Å². The lowest BCUT2D eigenvalue weighted by Crippen LogP contribution is -2.53. The first-order valence-electron chi connectivity index (χ1n) is 14.5. The standard InChI is InChI=1S/C34H30F3N5O3S/c1-21-19-41(20-29-30(36)16-24(35)17-31(29)37)14-15-42(21)34(43)23-7-10-26(11-8-23)40-46(44,45)32-12-9-25(38)18-28(32)27-6-2-4-22-5-3-13-39-33(22)27/h2-13,16-18,21,40H,14-15,19-20,38H2,1H3/t21-/m0/s1. The van der Waals surface area contributed by atoms with Crippen LogP contribution in [-0.2, 0) is 16.6 Å². The molecule has 0 aliphatic carbocycles. The zero-order chi connectivity index (χ0) is 32.6. The summed E-state index contributed by atoms with van der Waals surface area (Å²) < 4.78 is 71.5. The number of pyridine rings is 1. The molecule has 2 heterocycles. The second-order valence-corrected chi connectivity index (χ2v) is 12.9. The van der Waals surface area contributed by atoms with Crippen molar-refractivity contribution in [1.82, 2.24) is 14.8 Å². The monoisotopic (exact) mass is 645 g/mol. The van der Waals surface area contributed by atoms with Gasteiger partial charge in [0, 0.05) is 89.6 Å². The van der Waals surface area contributed by atoms with Gasteiger partial charge < -0.3 is 10.6 Å². The minimum absolute atomic E-state index is 0.0205. The Morgan fingerprint density at radius 1 is 0.935 bits per heavy atom. The molecule has 3 N–H and O–H groups in total. The Morgan fingerprint density at radius 3 is 2.37 bits per heavy atom. The summed E-state index contributed by atoms with van der Waals surface area (Å²) in [6.45, 7) is 2.81. The maximum atomic E-state index is 14.2. The van der Waals surface area contributed by atoms with E-state index in [2.05, 4.69) is 9.71 Å². The number of hydrogen-bond acceptors (Lipinski definition) is 6. The third-order valence-electron chi connectivity index (χ3n) is 8.06. The number of hydrogen-bond donors (Lipinski definition) is 2. The zero-order valence-electron chi connectivity index (χ0n) is 24.8. The van der Waals surface area contributed by atoms with Crippen molar-refractivity contribution in [2.75, 3.05) is 30.1 Å². The van der Waals surface area contributed by atoms with Crippen LogP contribution in [0.3, 0.4) is 0 Å². The van der Waals surface area contributed by atoms with Crippen LogP contribution in [0.25, 0.3) is 22.0 Å². The van der Waals surface area contributed by atoms with Crippen molar-refractivity contribution in [1.29, 1.82) is 0 Å². The largest absolute Gasteiger partial charge is 0.399 e. The van der Waals surface area contributed by atoms with Crippen LogP contribution >= 0.6 is 0 Å². The summed E-state index contributed by atoms with van der Waals surface area (Å²) in [6.07, 6.45) is 1.64. The van der Waals surface area contributed by atoms with Gasteiger partial charge in [0.1, 0.15) is 17.5 Å². The smallest absolute Gasteiger partial charge is 0.262 e. The number of carbonyl (C=O) groups is 1. The predicted molar refractivity (Wildman–Crippen MR) is 171 cm³/mol. The van der Waals surface area contributed by atoms with Gasteiger partial charge in [-0.05, 0) is 55.5 Å². The minimum Gasteiger partial charge on any atom is -0.399 e. The van der Waals surface area contributed by atoms with Crippen molar-refractivity contribution in [3.63, 3.8) is 0 Å². The number of benzene rings is 4. The maximum Gasteiger partial charge on any atom is 0.262 e. The summed E-state index contributed by atoms with van der Waals surface area (Å²) >= 11 is 0. The molecule has 0 spiro atoms. The van der Waals surface area contributed by atoms with Gasteiger partial charge in [-0.15, -0.1) is 0 Å². The highest BCUT2D eigenvalue weighted by Gasteiger charge is 2.29. The van der Waals surface area contributed by atoms with Crippen LogP contribution in [0.5, 0.6) is 0 Å². The lowest BCUT2D eigenvalue weighted by molar-refractivity contribution is 0.0471. The van der Waals surface area contributed by atoms with E-state index in [4.69, 9.17) is 5.73 Å². The molecule has 1 aliphatic heterocycles. The molecule has 46 heavy (non-hydrogen) atoms. The molecular formula is C34H30F3N5O3S. The molecule has 0 saturated carbocycles. The molecular weight excluding hydrogens is 615 g/mol. The fourth-order valence-electron chi connectivity index (χ4n) is 5.80. The van der Waals surface area contributed by atoms with Crippen LogP contribution in [0, 0.1) is 17.5 Å². The van der Waals surface area contributed by atoms with Crippen LogP contribution in [0.2, 0.25) is 0 Å². The average Bonchev–Trinajstić information content (AvgIpc) is 3.02. The molecule has 0 radical (unpaired) electrons. The summed E-state index contributed by atoms with van der Waals surface area (Å²) in [5.41, 5.74) is 8.52. The van der Waals surface area contributed by atoms with Crippen LogP contribution < -0.4 is 10.5 Å². The van der Waals surface area contributed by atoms with E-state index in [1.165, 1.54) is 24.3 Å². The first-order valence-corrected chi connectivity index (χ1v) is 16.0. The average molecular weight is 646 g/mol. The van der Waals surface area contributed by atoms with Crippen LogP contribution in [0.1, 0.15) is 22.8 Å². The topological polar surface area (TPSA) is 109 Å². The predicted octanol–water partition coefficient (Wildman–Crippen LogP) is 6.05. The van der Waals surface area contributed by atoms with Gasteiger partial charge in [0.05, 0.1) is 10.4 Å². The second kappa shape index (κ2) is 12.5. The number of fused-ring (bicyclic) bond motifs is 1. The first kappa shape index (κ1) is 31.1. The molecule has 6 rings (SSSR count). The van der Waals surface area contributed by atoms with E-state index >= 15 is 0 Å². The fraction of sp³-hybridized carbons (Fsp3) is 0.176. The number of halogens is 3. The van der Waals surface area contributed by atoms with E-state index in [9.17, 15) is 26.4 Å². The van der Waals surface area contributed by atoms with Gasteiger partial charge in [0.25, 0.3) is 15.9 Å². The summed E-state index contributed by atoms with van der Waals surface area (Å²) in [6, 6.07) is 20.9. The number of carbonyl (C=O) groups excluding carboxylic acids is 1. The van der Waals surface area contributed by atoms with Crippen molar-refractivity contribution in [2.45, 2.75) is 24.4 Å². The van der Waals surface area contributed by atoms with Gasteiger partial charge in [-0.25, -0.2) is 21.6 Å². The molecule has 5 aromatic rings. The quantitative estimate of drug-likeness (QED) is 0.209. The third-order valence-corrected chi connectivity index (χ3v) is 9.50. The number of nitrogens with zero attached hydrogens (tertiary/aromatic N) is 3. The number of anilines is 2. The number of nitrogen functional groups attached to an aromatic ring is 1. The Bertz CT molecular complexity index is 2030. The molecule has 0 unspecified atom stereocenters. The molecule has 1 amide bonds. The van der Waals surface area contributed by atoms with Crippen LogP contribution in [0.4, 0.5) is 24.5 Å². The van der Waals surface area contributed by atoms with Crippen molar-refractivity contribution in [2.24, 2.45) is 0 Å². The molecule has 236 valence electrons. The lowest BCUT2D eigenvalue weighted by Gasteiger charge is -2.40. The van der Waals surface area contributed by atoms with E-state index < -0.39 is 27.5 Å². The summed E-state index contributed by atoms with van der Waals surface area (Å²) in [4.78, 5) is 21.3. The van der Waals surface area contributed by atoms with E-state index in [0.29, 0.717) is 59.7 Å². The number of piperazine rings is 1. The van der Waals surface area contributed by atoms with E-state index in [1.54, 1.807) is 41.4 Å². The highest BCUT2D eigenvalue weighted by Crippen LogP contribution is 2.34. The number of rotatable bonds is 7. The number of nitrogens with one attached hydrogen (secondary N) is 1. The Labute approximate surface area is 264 Å². The van der Waals surface area contributed by atoms with Crippen molar-refractivity contribution < 1.29 is 26.4 Å². The SMILES string of the molecule is C[C@H]1CN(Cc2c(F)cc(F)cc2F)CCN1C(=O)c1ccc(NS(=O)(=O)c2ccc(N)cc2-c2cccc3cccnc23)cc1. The molecule has 1 atom stereocenters. The molecule has 1 aliphatic rings. The molecule has 0 bridgehead atoms. The number of amides is 1. The molecule has 4 aromatic carbocycles. The summed E-state index contributed by atoms with van der Waals surface area (Å²) in [7, 11) is -4.09.